The van der Waals surface area contributed by atoms with Gasteiger partial charge in [0, 0.05) is 29.3 Å². The highest BCUT2D eigenvalue weighted by Crippen LogP contribution is 2.35. The molecule has 11 nitrogen and oxygen atoms in total. The molecule has 0 aliphatic carbocycles. The van der Waals surface area contributed by atoms with Crippen molar-refractivity contribution in [2.24, 2.45) is 11.1 Å². The number of halogens is 1. The van der Waals surface area contributed by atoms with E-state index in [-0.39, 0.29) is 24.2 Å². The number of nitrogens with zero attached hydrogens (tertiary/aromatic N) is 3. The van der Waals surface area contributed by atoms with E-state index in [2.05, 4.69) is 25.6 Å². The van der Waals surface area contributed by atoms with Gasteiger partial charge in [0.2, 0.25) is 18.1 Å². The summed E-state index contributed by atoms with van der Waals surface area (Å²) < 4.78 is 25.7. The fourth-order valence-electron chi connectivity index (χ4n) is 4.14. The van der Waals surface area contributed by atoms with Crippen LogP contribution in [-0.2, 0) is 14.3 Å². The van der Waals surface area contributed by atoms with Crippen molar-refractivity contribution >= 4 is 17.8 Å². The Morgan fingerprint density at radius 1 is 1.07 bits per heavy atom. The molecule has 0 radical (unpaired) electrons. The number of anilines is 1. The van der Waals surface area contributed by atoms with Gasteiger partial charge in [0.25, 0.3) is 5.91 Å². The predicted octanol–water partition coefficient (Wildman–Crippen LogP) is 3.05. The van der Waals surface area contributed by atoms with Crippen molar-refractivity contribution in [3.05, 3.63) is 84.1 Å². The second-order valence-corrected chi connectivity index (χ2v) is 9.75. The maximum absolute atomic E-state index is 13.6. The first-order valence-corrected chi connectivity index (χ1v) is 12.6. The molecular formula is C28H28FN7O4. The van der Waals surface area contributed by atoms with Crippen molar-refractivity contribution in [2.75, 3.05) is 31.6 Å². The summed E-state index contributed by atoms with van der Waals surface area (Å²) in [6.45, 7) is 2.82. The number of aromatic nitrogens is 4. The molecule has 206 valence electrons. The zero-order valence-corrected chi connectivity index (χ0v) is 21.7. The monoisotopic (exact) mass is 545 g/mol. The maximum Gasteiger partial charge on any atom is 0.251 e. The number of hydrogen-bond acceptors (Lipinski definition) is 8. The molecule has 4 aromatic rings. The molecule has 40 heavy (non-hydrogen) atoms. The molecule has 0 bridgehead atoms. The SMILES string of the molecule is CC1(CNC(=O)c2ccccc2)COC(c2nc(-c3ccc(F)cc3)c(-c3ccnc(NCC(N)=O)n3)[nH]2)OC1. The van der Waals surface area contributed by atoms with E-state index in [0.29, 0.717) is 53.8 Å². The molecular weight excluding hydrogens is 517 g/mol. The van der Waals surface area contributed by atoms with Crippen LogP contribution < -0.4 is 16.4 Å². The summed E-state index contributed by atoms with van der Waals surface area (Å²) in [5.41, 5.74) is 7.50. The molecule has 1 fully saturated rings. The van der Waals surface area contributed by atoms with Crippen molar-refractivity contribution in [2.45, 2.75) is 13.2 Å². The fraction of sp³-hybridized carbons (Fsp3) is 0.250. The van der Waals surface area contributed by atoms with E-state index in [1.165, 1.54) is 18.3 Å². The first-order chi connectivity index (χ1) is 19.3. The summed E-state index contributed by atoms with van der Waals surface area (Å²) in [5, 5.41) is 5.72. The topological polar surface area (TPSA) is 157 Å². The van der Waals surface area contributed by atoms with Gasteiger partial charge in [-0.3, -0.25) is 9.59 Å². The van der Waals surface area contributed by atoms with E-state index < -0.39 is 17.6 Å². The third-order valence-corrected chi connectivity index (χ3v) is 6.27. The molecule has 5 N–H and O–H groups in total. The number of carbonyl (C=O) groups is 2. The lowest BCUT2D eigenvalue weighted by Crippen LogP contribution is -2.45. The lowest BCUT2D eigenvalue weighted by molar-refractivity contribution is -0.231. The Bertz CT molecular complexity index is 1490. The third kappa shape index (κ3) is 6.30. The fourth-order valence-corrected chi connectivity index (χ4v) is 4.14. The number of ether oxygens (including phenoxy) is 2. The molecule has 2 aromatic heterocycles. The van der Waals surface area contributed by atoms with E-state index in [1.54, 1.807) is 30.3 Å². The van der Waals surface area contributed by atoms with Crippen LogP contribution in [-0.4, -0.2) is 58.1 Å². The van der Waals surface area contributed by atoms with Gasteiger partial charge in [0.1, 0.15) is 5.82 Å². The van der Waals surface area contributed by atoms with Crippen LogP contribution in [0.1, 0.15) is 29.4 Å². The molecule has 1 aliphatic rings. The van der Waals surface area contributed by atoms with Gasteiger partial charge in [-0.25, -0.2) is 19.3 Å². The highest BCUT2D eigenvalue weighted by molar-refractivity contribution is 5.94. The summed E-state index contributed by atoms with van der Waals surface area (Å²) in [5.74, 6) is -0.495. The minimum atomic E-state index is -0.805. The van der Waals surface area contributed by atoms with Crippen LogP contribution >= 0.6 is 0 Å². The summed E-state index contributed by atoms with van der Waals surface area (Å²) >= 11 is 0. The predicted molar refractivity (Wildman–Crippen MR) is 144 cm³/mol. The van der Waals surface area contributed by atoms with Gasteiger partial charge < -0.3 is 30.8 Å². The zero-order valence-electron chi connectivity index (χ0n) is 21.7. The van der Waals surface area contributed by atoms with Crippen molar-refractivity contribution in [1.82, 2.24) is 25.3 Å². The molecule has 5 rings (SSSR count). The molecule has 0 spiro atoms. The minimum Gasteiger partial charge on any atom is -0.368 e. The van der Waals surface area contributed by atoms with E-state index in [4.69, 9.17) is 20.2 Å². The number of primary amides is 1. The molecule has 3 heterocycles. The first kappa shape index (κ1) is 26.9. The average molecular weight is 546 g/mol. The summed E-state index contributed by atoms with van der Waals surface area (Å²) in [4.78, 5) is 40.2. The molecule has 12 heteroatoms. The average Bonchev–Trinajstić information content (AvgIpc) is 3.42. The van der Waals surface area contributed by atoms with Crippen molar-refractivity contribution < 1.29 is 23.5 Å². The van der Waals surface area contributed by atoms with Gasteiger partial charge in [0.15, 0.2) is 5.82 Å². The number of rotatable bonds is 9. The van der Waals surface area contributed by atoms with Crippen LogP contribution in [0, 0.1) is 11.2 Å². The molecule has 1 saturated heterocycles. The van der Waals surface area contributed by atoms with E-state index >= 15 is 0 Å². The number of imidazole rings is 1. The van der Waals surface area contributed by atoms with Gasteiger partial charge in [-0.2, -0.15) is 0 Å². The van der Waals surface area contributed by atoms with Crippen LogP contribution in [0.25, 0.3) is 22.6 Å². The Balaban J connectivity index is 1.34. The molecule has 0 unspecified atom stereocenters. The highest BCUT2D eigenvalue weighted by Gasteiger charge is 2.35. The maximum atomic E-state index is 13.6. The Morgan fingerprint density at radius 2 is 1.80 bits per heavy atom. The van der Waals surface area contributed by atoms with Crippen LogP contribution in [0.15, 0.2) is 66.9 Å². The lowest BCUT2D eigenvalue weighted by atomic mass is 9.92. The Morgan fingerprint density at radius 3 is 2.50 bits per heavy atom. The molecule has 0 atom stereocenters. The second-order valence-electron chi connectivity index (χ2n) is 9.75. The van der Waals surface area contributed by atoms with Gasteiger partial charge >= 0.3 is 0 Å². The second kappa shape index (κ2) is 11.6. The number of benzene rings is 2. The Kier molecular flexibility index (Phi) is 7.80. The Hall–Kier alpha value is -4.68. The van der Waals surface area contributed by atoms with E-state index in [0.717, 1.165) is 0 Å². The van der Waals surface area contributed by atoms with Gasteiger partial charge in [0.05, 0.1) is 36.8 Å². The lowest BCUT2D eigenvalue weighted by Gasteiger charge is -2.36. The van der Waals surface area contributed by atoms with Crippen molar-refractivity contribution in [3.8, 4) is 22.6 Å². The molecule has 1 aliphatic heterocycles. The van der Waals surface area contributed by atoms with Gasteiger partial charge in [-0.1, -0.05) is 25.1 Å². The Labute approximate surface area is 229 Å². The third-order valence-electron chi connectivity index (χ3n) is 6.27. The summed E-state index contributed by atoms with van der Waals surface area (Å²) in [7, 11) is 0. The number of H-pyrrole nitrogens is 1. The highest BCUT2D eigenvalue weighted by atomic mass is 19.1. The number of nitrogens with two attached hydrogens (primary N) is 1. The number of nitrogens with one attached hydrogen (secondary N) is 3. The summed E-state index contributed by atoms with van der Waals surface area (Å²) in [6.07, 6.45) is 0.726. The summed E-state index contributed by atoms with van der Waals surface area (Å²) in [6, 6.07) is 16.6. The van der Waals surface area contributed by atoms with Gasteiger partial charge in [-0.15, -0.1) is 0 Å². The van der Waals surface area contributed by atoms with Gasteiger partial charge in [-0.05, 0) is 42.5 Å². The standard InChI is InChI=1S/C28H28FN7O4/c1-28(14-33-25(38)18-5-3-2-4-6-18)15-39-26(40-16-28)24-35-22(17-7-9-19(29)10-8-17)23(36-24)20-11-12-31-27(34-20)32-13-21(30)37/h2-12,26H,13-16H2,1H3,(H2,30,37)(H,33,38)(H,35,36)(H,31,32,34). The van der Waals surface area contributed by atoms with E-state index in [9.17, 15) is 14.0 Å². The first-order valence-electron chi connectivity index (χ1n) is 12.6. The quantitative estimate of drug-likeness (QED) is 0.250. The van der Waals surface area contributed by atoms with E-state index in [1.807, 2.05) is 25.1 Å². The smallest absolute Gasteiger partial charge is 0.251 e. The number of amides is 2. The number of carbonyl (C=O) groups excluding carboxylic acids is 2. The van der Waals surface area contributed by atoms with Crippen molar-refractivity contribution in [3.63, 3.8) is 0 Å². The van der Waals surface area contributed by atoms with Crippen molar-refractivity contribution in [1.29, 1.82) is 0 Å². The number of aromatic amines is 1. The zero-order chi connectivity index (χ0) is 28.1. The van der Waals surface area contributed by atoms with Crippen LogP contribution in [0.5, 0.6) is 0 Å². The van der Waals surface area contributed by atoms with Crippen LogP contribution in [0.4, 0.5) is 10.3 Å². The van der Waals surface area contributed by atoms with Crippen LogP contribution in [0.2, 0.25) is 0 Å². The van der Waals surface area contributed by atoms with Crippen LogP contribution in [0.3, 0.4) is 0 Å². The molecule has 2 amide bonds. The number of hydrogen-bond donors (Lipinski definition) is 4. The molecule has 2 aromatic carbocycles. The molecule has 0 saturated carbocycles. The largest absolute Gasteiger partial charge is 0.368 e. The minimum absolute atomic E-state index is 0.128. The normalized spacial score (nSPS) is 18.7.